The van der Waals surface area contributed by atoms with Gasteiger partial charge in [0.15, 0.2) is 0 Å². The van der Waals surface area contributed by atoms with Gasteiger partial charge in [-0.1, -0.05) is 58.4 Å². The Kier molecular flexibility index (Phi) is 7.18. The number of hydrogen-bond donors (Lipinski definition) is 1. The SMILES string of the molecule is CCOC(=O)C(Oc1nc2ccccc2nc1-c1cc(Br)ccc1NC(C)=O)c1ccccc1. The first-order valence-electron chi connectivity index (χ1n) is 10.7. The Labute approximate surface area is 205 Å². The number of nitrogens with zero attached hydrogens (tertiary/aromatic N) is 2. The highest BCUT2D eigenvalue weighted by molar-refractivity contribution is 9.10. The highest BCUT2D eigenvalue weighted by Gasteiger charge is 2.27. The molecular weight excluding hydrogens is 498 g/mol. The van der Waals surface area contributed by atoms with Crippen LogP contribution in [0.2, 0.25) is 0 Å². The van der Waals surface area contributed by atoms with E-state index in [1.165, 1.54) is 6.92 Å². The first-order valence-corrected chi connectivity index (χ1v) is 11.5. The molecule has 0 spiro atoms. The fourth-order valence-electron chi connectivity index (χ4n) is 3.46. The van der Waals surface area contributed by atoms with E-state index in [1.807, 2.05) is 54.6 Å². The molecule has 34 heavy (non-hydrogen) atoms. The van der Waals surface area contributed by atoms with Gasteiger partial charge in [-0.25, -0.2) is 14.8 Å². The van der Waals surface area contributed by atoms with Crippen LogP contribution in [-0.4, -0.2) is 28.5 Å². The van der Waals surface area contributed by atoms with Gasteiger partial charge >= 0.3 is 5.97 Å². The van der Waals surface area contributed by atoms with Crippen molar-refractivity contribution in [2.75, 3.05) is 11.9 Å². The number of rotatable bonds is 7. The third-order valence-corrected chi connectivity index (χ3v) is 5.41. The minimum Gasteiger partial charge on any atom is -0.463 e. The zero-order valence-corrected chi connectivity index (χ0v) is 20.2. The first-order chi connectivity index (χ1) is 16.5. The molecule has 0 saturated heterocycles. The van der Waals surface area contributed by atoms with Crippen LogP contribution in [0.15, 0.2) is 77.3 Å². The predicted octanol–water partition coefficient (Wildman–Crippen LogP) is 5.70. The standard InChI is InChI=1S/C26H22BrN3O4/c1-3-33-26(32)24(17-9-5-4-6-10-17)34-25-23(29-21-11-7-8-12-22(21)30-25)19-15-18(27)13-14-20(19)28-16(2)31/h4-15,24H,3H2,1-2H3,(H,28,31). The normalized spacial score (nSPS) is 11.6. The second kappa shape index (κ2) is 10.4. The predicted molar refractivity (Wildman–Crippen MR) is 133 cm³/mol. The Morgan fingerprint density at radius 2 is 1.65 bits per heavy atom. The molecule has 0 bridgehead atoms. The summed E-state index contributed by atoms with van der Waals surface area (Å²) in [5.74, 6) is -0.621. The molecule has 0 aliphatic rings. The maximum Gasteiger partial charge on any atom is 0.352 e. The van der Waals surface area contributed by atoms with Crippen molar-refractivity contribution in [1.82, 2.24) is 9.97 Å². The molecule has 0 aliphatic heterocycles. The molecule has 8 heteroatoms. The topological polar surface area (TPSA) is 90.4 Å². The average molecular weight is 520 g/mol. The number of fused-ring (bicyclic) bond motifs is 1. The number of halogens is 1. The first kappa shape index (κ1) is 23.4. The molecule has 4 aromatic rings. The third-order valence-electron chi connectivity index (χ3n) is 4.92. The van der Waals surface area contributed by atoms with Crippen LogP contribution < -0.4 is 10.1 Å². The van der Waals surface area contributed by atoms with Gasteiger partial charge in [-0.2, -0.15) is 0 Å². The minimum absolute atomic E-state index is 0.144. The van der Waals surface area contributed by atoms with Crippen LogP contribution >= 0.6 is 15.9 Å². The van der Waals surface area contributed by atoms with E-state index < -0.39 is 12.1 Å². The Bertz CT molecular complexity index is 1340. The van der Waals surface area contributed by atoms with Crippen LogP contribution in [-0.2, 0) is 14.3 Å². The van der Waals surface area contributed by atoms with E-state index >= 15 is 0 Å². The zero-order chi connectivity index (χ0) is 24.1. The summed E-state index contributed by atoms with van der Waals surface area (Å²) in [6.07, 6.45) is -1.05. The second-order valence-corrected chi connectivity index (χ2v) is 8.31. The highest BCUT2D eigenvalue weighted by Crippen LogP contribution is 2.37. The molecule has 1 unspecified atom stereocenters. The van der Waals surface area contributed by atoms with Gasteiger partial charge in [-0.3, -0.25) is 4.79 Å². The Morgan fingerprint density at radius 3 is 2.32 bits per heavy atom. The number of para-hydroxylation sites is 2. The monoisotopic (exact) mass is 519 g/mol. The zero-order valence-electron chi connectivity index (χ0n) is 18.6. The summed E-state index contributed by atoms with van der Waals surface area (Å²) in [6, 6.07) is 21.8. The molecule has 7 nitrogen and oxygen atoms in total. The van der Waals surface area contributed by atoms with Crippen molar-refractivity contribution in [3.8, 4) is 17.1 Å². The summed E-state index contributed by atoms with van der Waals surface area (Å²) in [6.45, 7) is 3.38. The molecule has 1 atom stereocenters. The Hall–Kier alpha value is -3.78. The Morgan fingerprint density at radius 1 is 0.971 bits per heavy atom. The summed E-state index contributed by atoms with van der Waals surface area (Å²) in [7, 11) is 0. The van der Waals surface area contributed by atoms with Gasteiger partial charge in [0.1, 0.15) is 5.69 Å². The molecular formula is C26H22BrN3O4. The number of anilines is 1. The van der Waals surface area contributed by atoms with Gasteiger partial charge in [-0.15, -0.1) is 0 Å². The van der Waals surface area contributed by atoms with Gasteiger partial charge in [-0.05, 0) is 37.3 Å². The van der Waals surface area contributed by atoms with Crippen molar-refractivity contribution in [1.29, 1.82) is 0 Å². The number of nitrogens with one attached hydrogen (secondary N) is 1. The molecule has 0 saturated carbocycles. The van der Waals surface area contributed by atoms with Crippen molar-refractivity contribution < 1.29 is 19.1 Å². The van der Waals surface area contributed by atoms with Gasteiger partial charge < -0.3 is 14.8 Å². The summed E-state index contributed by atoms with van der Waals surface area (Å²) in [5, 5.41) is 2.83. The van der Waals surface area contributed by atoms with Gasteiger partial charge in [0, 0.05) is 22.5 Å². The lowest BCUT2D eigenvalue weighted by Gasteiger charge is -2.20. The molecule has 1 heterocycles. The molecule has 172 valence electrons. The van der Waals surface area contributed by atoms with Gasteiger partial charge in [0.05, 0.1) is 23.3 Å². The smallest absolute Gasteiger partial charge is 0.352 e. The molecule has 0 fully saturated rings. The fourth-order valence-corrected chi connectivity index (χ4v) is 3.82. The minimum atomic E-state index is -1.05. The van der Waals surface area contributed by atoms with E-state index in [9.17, 15) is 9.59 Å². The molecule has 1 N–H and O–H groups in total. The van der Waals surface area contributed by atoms with E-state index in [2.05, 4.69) is 26.2 Å². The average Bonchev–Trinajstić information content (AvgIpc) is 2.83. The van der Waals surface area contributed by atoms with Crippen LogP contribution in [0.25, 0.3) is 22.3 Å². The lowest BCUT2D eigenvalue weighted by Crippen LogP contribution is -2.22. The van der Waals surface area contributed by atoms with Crippen molar-refractivity contribution in [2.45, 2.75) is 20.0 Å². The van der Waals surface area contributed by atoms with Crippen LogP contribution in [0.3, 0.4) is 0 Å². The van der Waals surface area contributed by atoms with Crippen molar-refractivity contribution in [2.24, 2.45) is 0 Å². The quantitative estimate of drug-likeness (QED) is 0.315. The number of carbonyl (C=O) groups is 2. The van der Waals surface area contributed by atoms with Crippen molar-refractivity contribution in [3.05, 3.63) is 82.8 Å². The van der Waals surface area contributed by atoms with Crippen LogP contribution in [0.5, 0.6) is 5.88 Å². The van der Waals surface area contributed by atoms with Crippen LogP contribution in [0.4, 0.5) is 5.69 Å². The van der Waals surface area contributed by atoms with E-state index in [4.69, 9.17) is 14.5 Å². The number of hydrogen-bond acceptors (Lipinski definition) is 6. The van der Waals surface area contributed by atoms with Crippen LogP contribution in [0.1, 0.15) is 25.5 Å². The fraction of sp³-hybridized carbons (Fsp3) is 0.154. The molecule has 1 aromatic heterocycles. The lowest BCUT2D eigenvalue weighted by molar-refractivity contribution is -0.151. The highest BCUT2D eigenvalue weighted by atomic mass is 79.9. The number of amides is 1. The van der Waals surface area contributed by atoms with Crippen LogP contribution in [0, 0.1) is 0 Å². The number of ether oxygens (including phenoxy) is 2. The number of carbonyl (C=O) groups excluding carboxylic acids is 2. The summed E-state index contributed by atoms with van der Waals surface area (Å²) in [5.41, 5.74) is 3.39. The maximum atomic E-state index is 12.9. The second-order valence-electron chi connectivity index (χ2n) is 7.40. The number of aromatic nitrogens is 2. The van der Waals surface area contributed by atoms with Crippen molar-refractivity contribution in [3.63, 3.8) is 0 Å². The third kappa shape index (κ3) is 5.23. The molecule has 3 aromatic carbocycles. The van der Waals surface area contributed by atoms with E-state index in [0.29, 0.717) is 33.5 Å². The molecule has 0 aliphatic carbocycles. The number of benzene rings is 3. The van der Waals surface area contributed by atoms with E-state index in [-0.39, 0.29) is 18.4 Å². The Balaban J connectivity index is 1.91. The molecule has 0 radical (unpaired) electrons. The van der Waals surface area contributed by atoms with Gasteiger partial charge in [0.25, 0.3) is 0 Å². The van der Waals surface area contributed by atoms with E-state index in [0.717, 1.165) is 4.47 Å². The number of esters is 1. The largest absolute Gasteiger partial charge is 0.463 e. The lowest BCUT2D eigenvalue weighted by atomic mass is 10.1. The summed E-state index contributed by atoms with van der Waals surface area (Å²) >= 11 is 3.49. The molecule has 1 amide bonds. The van der Waals surface area contributed by atoms with Gasteiger partial charge in [0.2, 0.25) is 17.9 Å². The summed E-state index contributed by atoms with van der Waals surface area (Å²) in [4.78, 5) is 34.2. The van der Waals surface area contributed by atoms with Crippen molar-refractivity contribution >= 4 is 44.5 Å². The molecule has 4 rings (SSSR count). The maximum absolute atomic E-state index is 12.9. The summed E-state index contributed by atoms with van der Waals surface area (Å²) < 4.78 is 12.3. The van der Waals surface area contributed by atoms with E-state index in [1.54, 1.807) is 25.1 Å².